The average molecular weight is 401 g/mol. The van der Waals surface area contributed by atoms with E-state index >= 15 is 0 Å². The van der Waals surface area contributed by atoms with Crippen molar-refractivity contribution in [2.45, 2.75) is 6.42 Å². The molecule has 9 heteroatoms. The highest BCUT2D eigenvalue weighted by Crippen LogP contribution is 2.44. The van der Waals surface area contributed by atoms with Crippen LogP contribution < -0.4 is 0 Å². The summed E-state index contributed by atoms with van der Waals surface area (Å²) in [4.78, 5) is 13.8. The van der Waals surface area contributed by atoms with Gasteiger partial charge in [-0.25, -0.2) is 4.85 Å². The average Bonchev–Trinajstić information content (AvgIpc) is 2.54. The minimum Gasteiger partial charge on any atom is -0.258 e. The van der Waals surface area contributed by atoms with E-state index in [1.165, 1.54) is 18.2 Å². The Balaban J connectivity index is 2.71. The maximum absolute atomic E-state index is 11.2. The van der Waals surface area contributed by atoms with Gasteiger partial charge in [0.25, 0.3) is 5.69 Å². The van der Waals surface area contributed by atoms with Crippen LogP contribution in [-0.2, 0) is 6.42 Å². The fraction of sp³-hybridized carbons (Fsp3) is 0.0667. The van der Waals surface area contributed by atoms with Crippen molar-refractivity contribution in [1.82, 2.24) is 0 Å². The summed E-state index contributed by atoms with van der Waals surface area (Å²) in [6.07, 6.45) is -0.0626. The van der Waals surface area contributed by atoms with Gasteiger partial charge in [0.1, 0.15) is 0 Å². The lowest BCUT2D eigenvalue weighted by molar-refractivity contribution is -0.385. The molecule has 0 bridgehead atoms. The van der Waals surface area contributed by atoms with Crippen LogP contribution in [0.1, 0.15) is 16.7 Å². The van der Waals surface area contributed by atoms with Gasteiger partial charge < -0.3 is 0 Å². The highest BCUT2D eigenvalue weighted by atomic mass is 35.5. The van der Waals surface area contributed by atoms with Gasteiger partial charge in [0.2, 0.25) is 5.69 Å². The summed E-state index contributed by atoms with van der Waals surface area (Å²) in [7, 11) is 0. The molecule has 2 aromatic rings. The largest absolute Gasteiger partial charge is 0.274 e. The van der Waals surface area contributed by atoms with Crippen molar-refractivity contribution >= 4 is 57.8 Å². The van der Waals surface area contributed by atoms with E-state index in [0.29, 0.717) is 0 Å². The van der Waals surface area contributed by atoms with E-state index in [1.807, 2.05) is 6.07 Å². The molecule has 0 N–H and O–H groups in total. The van der Waals surface area contributed by atoms with Crippen LogP contribution in [0.25, 0.3) is 4.85 Å². The molecular weight excluding hydrogens is 396 g/mol. The van der Waals surface area contributed by atoms with Crippen LogP contribution in [0.3, 0.4) is 0 Å². The van der Waals surface area contributed by atoms with Crippen LogP contribution in [0.15, 0.2) is 18.2 Å². The third kappa shape index (κ3) is 3.26. The molecule has 2 rings (SSSR count). The molecule has 0 saturated heterocycles. The lowest BCUT2D eigenvalue weighted by Gasteiger charge is -2.12. The summed E-state index contributed by atoms with van der Waals surface area (Å²) in [6.45, 7) is 7.08. The van der Waals surface area contributed by atoms with Crippen molar-refractivity contribution in [2.24, 2.45) is 0 Å². The number of nitrogens with zero attached hydrogens (tertiary/aromatic N) is 3. The molecule has 0 unspecified atom stereocenters. The van der Waals surface area contributed by atoms with Crippen LogP contribution in [-0.4, -0.2) is 4.92 Å². The first-order valence-electron chi connectivity index (χ1n) is 6.21. The number of hydrogen-bond donors (Lipinski definition) is 0. The quantitative estimate of drug-likeness (QED) is 0.265. The smallest absolute Gasteiger partial charge is 0.258 e. The number of nitro groups is 1. The van der Waals surface area contributed by atoms with Crippen LogP contribution in [0.2, 0.25) is 20.1 Å². The van der Waals surface area contributed by atoms with Gasteiger partial charge in [0.05, 0.1) is 38.2 Å². The van der Waals surface area contributed by atoms with Gasteiger partial charge in [0, 0.05) is 23.1 Å². The van der Waals surface area contributed by atoms with Gasteiger partial charge in [-0.2, -0.15) is 5.26 Å². The Hall–Kier alpha value is -2.02. The first-order chi connectivity index (χ1) is 11.3. The molecule has 2 aromatic carbocycles. The van der Waals surface area contributed by atoms with E-state index in [9.17, 15) is 15.4 Å². The van der Waals surface area contributed by atoms with Gasteiger partial charge in [-0.3, -0.25) is 10.1 Å². The summed E-state index contributed by atoms with van der Waals surface area (Å²) >= 11 is 24.0. The fourth-order valence-corrected chi connectivity index (χ4v) is 3.13. The second kappa shape index (κ2) is 7.25. The van der Waals surface area contributed by atoms with Crippen molar-refractivity contribution in [3.63, 3.8) is 0 Å². The highest BCUT2D eigenvalue weighted by Gasteiger charge is 2.24. The number of rotatable bonds is 3. The Morgan fingerprint density at radius 1 is 1.21 bits per heavy atom. The maximum atomic E-state index is 11.2. The molecule has 0 atom stereocenters. The number of benzene rings is 2. The Labute approximate surface area is 156 Å². The van der Waals surface area contributed by atoms with Gasteiger partial charge in [-0.1, -0.05) is 52.5 Å². The molecule has 120 valence electrons. The zero-order valence-electron chi connectivity index (χ0n) is 11.6. The maximum Gasteiger partial charge on any atom is 0.274 e. The topological polar surface area (TPSA) is 71.3 Å². The SMILES string of the molecule is [C-]#[N+]c1c(Cl)c(Cl)c(Cc2ccc(Cl)cc2[N+](=O)[O-])c(C#N)c1Cl. The number of nitro benzene ring substituents is 1. The van der Waals surface area contributed by atoms with Crippen LogP contribution >= 0.6 is 46.4 Å². The highest BCUT2D eigenvalue weighted by molar-refractivity contribution is 6.47. The number of nitriles is 1. The lowest BCUT2D eigenvalue weighted by atomic mass is 9.98. The summed E-state index contributed by atoms with van der Waals surface area (Å²) < 4.78 is 0. The Kier molecular flexibility index (Phi) is 5.54. The van der Waals surface area contributed by atoms with E-state index < -0.39 is 4.92 Å². The van der Waals surface area contributed by atoms with E-state index in [-0.39, 0.29) is 54.6 Å². The van der Waals surface area contributed by atoms with Crippen LogP contribution in [0.5, 0.6) is 0 Å². The first kappa shape index (κ1) is 18.3. The van der Waals surface area contributed by atoms with Gasteiger partial charge in [0.15, 0.2) is 0 Å². The Morgan fingerprint density at radius 3 is 2.42 bits per heavy atom. The zero-order chi connectivity index (χ0) is 18.0. The zero-order valence-corrected chi connectivity index (χ0v) is 14.6. The van der Waals surface area contributed by atoms with E-state index in [0.717, 1.165) is 0 Å². The molecule has 0 radical (unpaired) electrons. The minimum atomic E-state index is -0.585. The van der Waals surface area contributed by atoms with Gasteiger partial charge in [-0.15, -0.1) is 0 Å². The molecule has 0 fully saturated rings. The van der Waals surface area contributed by atoms with E-state index in [2.05, 4.69) is 4.85 Å². The molecule has 0 spiro atoms. The second-order valence-corrected chi connectivity index (χ2v) is 6.14. The predicted molar refractivity (Wildman–Crippen MR) is 93.4 cm³/mol. The lowest BCUT2D eigenvalue weighted by Crippen LogP contribution is -2.00. The summed E-state index contributed by atoms with van der Waals surface area (Å²) in [5.41, 5.74) is 0.108. The van der Waals surface area contributed by atoms with Crippen molar-refractivity contribution in [3.05, 3.63) is 76.5 Å². The molecule has 24 heavy (non-hydrogen) atoms. The summed E-state index contributed by atoms with van der Waals surface area (Å²) in [6, 6.07) is 6.02. The molecule has 0 aromatic heterocycles. The standard InChI is InChI=1S/C15H5Cl4N3O2/c1-21-15-13(18)10(6-20)9(12(17)14(15)19)4-7-2-3-8(16)5-11(7)22(23)24/h2-3,5H,4H2. The Morgan fingerprint density at radius 2 is 1.88 bits per heavy atom. The van der Waals surface area contributed by atoms with Crippen molar-refractivity contribution in [3.8, 4) is 6.07 Å². The molecule has 0 aliphatic heterocycles. The molecule has 0 amide bonds. The third-order valence-corrected chi connectivity index (χ3v) is 4.71. The molecular formula is C15H5Cl4N3O2. The number of hydrogen-bond acceptors (Lipinski definition) is 3. The summed E-state index contributed by atoms with van der Waals surface area (Å²) in [5, 5.41) is 20.5. The van der Waals surface area contributed by atoms with Gasteiger partial charge >= 0.3 is 0 Å². The van der Waals surface area contributed by atoms with E-state index in [4.69, 9.17) is 53.0 Å². The van der Waals surface area contributed by atoms with Crippen molar-refractivity contribution in [2.75, 3.05) is 0 Å². The molecule has 0 saturated carbocycles. The number of halogens is 4. The van der Waals surface area contributed by atoms with Gasteiger partial charge in [-0.05, 0) is 11.6 Å². The predicted octanol–water partition coefficient (Wildman–Crippen LogP) is 6.22. The molecule has 0 heterocycles. The summed E-state index contributed by atoms with van der Waals surface area (Å²) in [5.74, 6) is 0. The van der Waals surface area contributed by atoms with E-state index in [1.54, 1.807) is 0 Å². The molecule has 5 nitrogen and oxygen atoms in total. The van der Waals surface area contributed by atoms with Crippen LogP contribution in [0, 0.1) is 28.0 Å². The molecule has 0 aliphatic rings. The molecule has 0 aliphatic carbocycles. The van der Waals surface area contributed by atoms with Crippen molar-refractivity contribution in [1.29, 1.82) is 5.26 Å². The minimum absolute atomic E-state index is 0.0344. The van der Waals surface area contributed by atoms with Crippen LogP contribution in [0.4, 0.5) is 11.4 Å². The normalized spacial score (nSPS) is 10.1. The fourth-order valence-electron chi connectivity index (χ4n) is 2.12. The first-order valence-corrected chi connectivity index (χ1v) is 7.72. The second-order valence-electron chi connectivity index (χ2n) is 4.57. The third-order valence-electron chi connectivity index (χ3n) is 3.23. The Bertz CT molecular complexity index is 945. The van der Waals surface area contributed by atoms with Crippen molar-refractivity contribution < 1.29 is 4.92 Å². The monoisotopic (exact) mass is 399 g/mol.